The summed E-state index contributed by atoms with van der Waals surface area (Å²) in [6.45, 7) is 4.81. The van der Waals surface area contributed by atoms with E-state index in [2.05, 4.69) is 5.32 Å². The minimum atomic E-state index is -0.244. The smallest absolute Gasteiger partial charge is 0.0610 e. The van der Waals surface area contributed by atoms with Gasteiger partial charge in [-0.3, -0.25) is 0 Å². The summed E-state index contributed by atoms with van der Waals surface area (Å²) in [6.07, 6.45) is 0.866. The summed E-state index contributed by atoms with van der Waals surface area (Å²) in [4.78, 5) is 0. The Kier molecular flexibility index (Phi) is 5.06. The van der Waals surface area contributed by atoms with Crippen LogP contribution in [0.15, 0.2) is 18.2 Å². The summed E-state index contributed by atoms with van der Waals surface area (Å²) < 4.78 is 0. The zero-order chi connectivity index (χ0) is 12.2. The Hall–Kier alpha value is -0.280. The van der Waals surface area contributed by atoms with Gasteiger partial charge in [0.05, 0.1) is 16.7 Å². The molecule has 0 aliphatic carbocycles. The molecular formula is C12H17Cl2NO. The van der Waals surface area contributed by atoms with Gasteiger partial charge >= 0.3 is 0 Å². The van der Waals surface area contributed by atoms with Crippen molar-refractivity contribution in [1.82, 2.24) is 5.32 Å². The van der Waals surface area contributed by atoms with Crippen molar-refractivity contribution >= 4 is 23.2 Å². The maximum absolute atomic E-state index is 9.25. The van der Waals surface area contributed by atoms with Gasteiger partial charge < -0.3 is 10.4 Å². The van der Waals surface area contributed by atoms with E-state index in [1.165, 1.54) is 0 Å². The lowest BCUT2D eigenvalue weighted by atomic mass is 10.00. The van der Waals surface area contributed by atoms with E-state index in [1.807, 2.05) is 26.0 Å². The van der Waals surface area contributed by atoms with Crippen LogP contribution in [0.3, 0.4) is 0 Å². The van der Waals surface area contributed by atoms with Crippen LogP contribution >= 0.6 is 23.2 Å². The van der Waals surface area contributed by atoms with Gasteiger partial charge in [-0.25, -0.2) is 0 Å². The summed E-state index contributed by atoms with van der Waals surface area (Å²) in [5.41, 5.74) is 0.814. The highest BCUT2D eigenvalue weighted by Crippen LogP contribution is 2.22. The zero-order valence-electron chi connectivity index (χ0n) is 9.56. The lowest BCUT2D eigenvalue weighted by Gasteiger charge is -2.27. The van der Waals surface area contributed by atoms with Gasteiger partial charge in [0.1, 0.15) is 0 Å². The Morgan fingerprint density at radius 1 is 1.31 bits per heavy atom. The van der Waals surface area contributed by atoms with Gasteiger partial charge in [-0.15, -0.1) is 0 Å². The Labute approximate surface area is 107 Å². The second-order valence-corrected chi connectivity index (χ2v) is 4.99. The summed E-state index contributed by atoms with van der Waals surface area (Å²) in [7, 11) is 0. The third-order valence-corrected chi connectivity index (χ3v) is 3.57. The molecule has 0 aliphatic rings. The van der Waals surface area contributed by atoms with Crippen LogP contribution in [0.4, 0.5) is 0 Å². The molecule has 0 saturated heterocycles. The number of hydrogen-bond donors (Lipinski definition) is 2. The maximum Gasteiger partial charge on any atom is 0.0610 e. The Morgan fingerprint density at radius 2 is 2.00 bits per heavy atom. The quantitative estimate of drug-likeness (QED) is 0.853. The standard InChI is InChI=1S/C12H17Cl2NO/c1-3-12(2,8-16)15-7-9-4-5-10(13)11(14)6-9/h4-6,15-16H,3,7-8H2,1-2H3. The van der Waals surface area contributed by atoms with Crippen molar-refractivity contribution in [2.45, 2.75) is 32.4 Å². The number of rotatable bonds is 5. The second-order valence-electron chi connectivity index (χ2n) is 4.17. The van der Waals surface area contributed by atoms with Crippen molar-refractivity contribution in [3.63, 3.8) is 0 Å². The molecule has 0 spiro atoms. The molecule has 0 radical (unpaired) electrons. The van der Waals surface area contributed by atoms with Crippen molar-refractivity contribution in [3.8, 4) is 0 Å². The minimum Gasteiger partial charge on any atom is -0.394 e. The van der Waals surface area contributed by atoms with Crippen LogP contribution in [-0.2, 0) is 6.54 Å². The Balaban J connectivity index is 2.64. The highest BCUT2D eigenvalue weighted by Gasteiger charge is 2.19. The Morgan fingerprint density at radius 3 is 2.50 bits per heavy atom. The number of nitrogens with one attached hydrogen (secondary N) is 1. The van der Waals surface area contributed by atoms with Crippen LogP contribution in [0.2, 0.25) is 10.0 Å². The van der Waals surface area contributed by atoms with Gasteiger partial charge in [-0.1, -0.05) is 36.2 Å². The van der Waals surface area contributed by atoms with Gasteiger partial charge in [0, 0.05) is 12.1 Å². The maximum atomic E-state index is 9.25. The van der Waals surface area contributed by atoms with Gasteiger partial charge in [0.2, 0.25) is 0 Å². The molecule has 1 unspecified atom stereocenters. The van der Waals surface area contributed by atoms with Crippen molar-refractivity contribution in [1.29, 1.82) is 0 Å². The average Bonchev–Trinajstić information content (AvgIpc) is 2.30. The van der Waals surface area contributed by atoms with E-state index in [4.69, 9.17) is 23.2 Å². The van der Waals surface area contributed by atoms with E-state index in [9.17, 15) is 5.11 Å². The zero-order valence-corrected chi connectivity index (χ0v) is 11.1. The third kappa shape index (κ3) is 3.63. The predicted molar refractivity (Wildman–Crippen MR) is 69.1 cm³/mol. The van der Waals surface area contributed by atoms with Crippen LogP contribution in [0.1, 0.15) is 25.8 Å². The topological polar surface area (TPSA) is 32.3 Å². The van der Waals surface area contributed by atoms with Gasteiger partial charge in [0.25, 0.3) is 0 Å². The van der Waals surface area contributed by atoms with Gasteiger partial charge in [-0.05, 0) is 31.0 Å². The molecule has 0 fully saturated rings. The molecule has 0 bridgehead atoms. The van der Waals surface area contributed by atoms with E-state index in [0.717, 1.165) is 12.0 Å². The molecule has 0 amide bonds. The largest absolute Gasteiger partial charge is 0.394 e. The van der Waals surface area contributed by atoms with Crippen molar-refractivity contribution < 1.29 is 5.11 Å². The predicted octanol–water partition coefficient (Wildman–Crippen LogP) is 3.24. The number of aliphatic hydroxyl groups is 1. The number of hydrogen-bond acceptors (Lipinski definition) is 2. The lowest BCUT2D eigenvalue weighted by Crippen LogP contribution is -2.44. The van der Waals surface area contributed by atoms with Gasteiger partial charge in [0.15, 0.2) is 0 Å². The molecule has 0 saturated carbocycles. The molecule has 16 heavy (non-hydrogen) atoms. The van der Waals surface area contributed by atoms with Crippen LogP contribution in [0, 0.1) is 0 Å². The first kappa shape index (κ1) is 13.8. The van der Waals surface area contributed by atoms with E-state index >= 15 is 0 Å². The summed E-state index contributed by atoms with van der Waals surface area (Å²) in [6, 6.07) is 5.54. The Bertz CT molecular complexity index is 351. The van der Waals surface area contributed by atoms with Crippen LogP contribution in [-0.4, -0.2) is 17.3 Å². The SMILES string of the molecule is CCC(C)(CO)NCc1ccc(Cl)c(Cl)c1. The molecule has 2 N–H and O–H groups in total. The molecule has 0 aliphatic heterocycles. The van der Waals surface area contributed by atoms with Crippen molar-refractivity contribution in [2.75, 3.05) is 6.61 Å². The minimum absolute atomic E-state index is 0.116. The summed E-state index contributed by atoms with van der Waals surface area (Å²) in [5.74, 6) is 0. The number of halogens is 2. The molecule has 4 heteroatoms. The fraction of sp³-hybridized carbons (Fsp3) is 0.500. The van der Waals surface area contributed by atoms with E-state index < -0.39 is 0 Å². The highest BCUT2D eigenvalue weighted by molar-refractivity contribution is 6.42. The summed E-state index contributed by atoms with van der Waals surface area (Å²) in [5, 5.41) is 13.7. The second kappa shape index (κ2) is 5.87. The van der Waals surface area contributed by atoms with Crippen LogP contribution < -0.4 is 5.32 Å². The lowest BCUT2D eigenvalue weighted by molar-refractivity contribution is 0.169. The molecule has 1 aromatic rings. The first-order valence-electron chi connectivity index (χ1n) is 5.30. The summed E-state index contributed by atoms with van der Waals surface area (Å²) >= 11 is 11.8. The van der Waals surface area contributed by atoms with Crippen LogP contribution in [0.5, 0.6) is 0 Å². The molecule has 2 nitrogen and oxygen atoms in total. The average molecular weight is 262 g/mol. The monoisotopic (exact) mass is 261 g/mol. The first-order chi connectivity index (χ1) is 7.50. The highest BCUT2D eigenvalue weighted by atomic mass is 35.5. The number of benzene rings is 1. The fourth-order valence-electron chi connectivity index (χ4n) is 1.26. The van der Waals surface area contributed by atoms with Gasteiger partial charge in [-0.2, -0.15) is 0 Å². The molecule has 90 valence electrons. The van der Waals surface area contributed by atoms with E-state index in [0.29, 0.717) is 16.6 Å². The molecule has 0 heterocycles. The third-order valence-electron chi connectivity index (χ3n) is 2.83. The molecule has 1 atom stereocenters. The van der Waals surface area contributed by atoms with Crippen LogP contribution in [0.25, 0.3) is 0 Å². The first-order valence-corrected chi connectivity index (χ1v) is 6.06. The normalized spacial score (nSPS) is 14.8. The molecular weight excluding hydrogens is 245 g/mol. The molecule has 1 rings (SSSR count). The number of aliphatic hydroxyl groups excluding tert-OH is 1. The van der Waals surface area contributed by atoms with Crippen molar-refractivity contribution in [2.24, 2.45) is 0 Å². The molecule has 1 aromatic carbocycles. The fourth-order valence-corrected chi connectivity index (χ4v) is 1.58. The van der Waals surface area contributed by atoms with E-state index in [-0.39, 0.29) is 12.1 Å². The molecule has 0 aromatic heterocycles. The van der Waals surface area contributed by atoms with Crippen molar-refractivity contribution in [3.05, 3.63) is 33.8 Å². The van der Waals surface area contributed by atoms with E-state index in [1.54, 1.807) is 6.07 Å².